The highest BCUT2D eigenvalue weighted by atomic mass is 35.5. The van der Waals surface area contributed by atoms with Crippen molar-refractivity contribution in [2.24, 2.45) is 5.92 Å². The summed E-state index contributed by atoms with van der Waals surface area (Å²) >= 11 is 5.98. The fourth-order valence-electron chi connectivity index (χ4n) is 3.16. The molecule has 112 valence electrons. The van der Waals surface area contributed by atoms with E-state index in [0.717, 1.165) is 11.4 Å². The summed E-state index contributed by atoms with van der Waals surface area (Å²) in [6.45, 7) is 2.20. The van der Waals surface area contributed by atoms with Gasteiger partial charge in [0.2, 0.25) is 0 Å². The van der Waals surface area contributed by atoms with Gasteiger partial charge in [0.05, 0.1) is 16.8 Å². The SMILES string of the molecule is CC(C1CCCCC1)n1nnnc1-c1ccc(Cl)c(N)c1. The lowest BCUT2D eigenvalue weighted by atomic mass is 9.84. The minimum Gasteiger partial charge on any atom is -0.398 e. The van der Waals surface area contributed by atoms with Gasteiger partial charge in [-0.05, 0) is 54.3 Å². The molecule has 1 fully saturated rings. The maximum absolute atomic E-state index is 5.98. The summed E-state index contributed by atoms with van der Waals surface area (Å²) in [5.41, 5.74) is 7.34. The third-order valence-corrected chi connectivity index (χ3v) is 4.81. The number of tetrazole rings is 1. The average Bonchev–Trinajstić information content (AvgIpc) is 2.99. The first-order chi connectivity index (χ1) is 10.2. The van der Waals surface area contributed by atoms with E-state index >= 15 is 0 Å². The second-order valence-corrected chi connectivity index (χ2v) is 6.23. The van der Waals surface area contributed by atoms with E-state index < -0.39 is 0 Å². The van der Waals surface area contributed by atoms with Crippen molar-refractivity contribution in [3.05, 3.63) is 23.2 Å². The zero-order chi connectivity index (χ0) is 14.8. The highest BCUT2D eigenvalue weighted by Gasteiger charge is 2.25. The molecule has 1 heterocycles. The molecule has 1 atom stereocenters. The summed E-state index contributed by atoms with van der Waals surface area (Å²) in [5, 5.41) is 12.8. The summed E-state index contributed by atoms with van der Waals surface area (Å²) < 4.78 is 1.93. The van der Waals surface area contributed by atoms with E-state index in [0.29, 0.717) is 22.7 Å². The number of aromatic nitrogens is 4. The molecule has 1 aliphatic rings. The van der Waals surface area contributed by atoms with Gasteiger partial charge in [-0.2, -0.15) is 0 Å². The molecule has 0 aliphatic heterocycles. The summed E-state index contributed by atoms with van der Waals surface area (Å²) in [6, 6.07) is 5.83. The van der Waals surface area contributed by atoms with Crippen molar-refractivity contribution >= 4 is 17.3 Å². The smallest absolute Gasteiger partial charge is 0.182 e. The van der Waals surface area contributed by atoms with Crippen molar-refractivity contribution in [1.29, 1.82) is 0 Å². The van der Waals surface area contributed by atoms with E-state index in [-0.39, 0.29) is 0 Å². The van der Waals surface area contributed by atoms with Gasteiger partial charge < -0.3 is 5.73 Å². The summed E-state index contributed by atoms with van der Waals surface area (Å²) in [6.07, 6.45) is 6.46. The summed E-state index contributed by atoms with van der Waals surface area (Å²) in [4.78, 5) is 0. The monoisotopic (exact) mass is 305 g/mol. The quantitative estimate of drug-likeness (QED) is 0.877. The minimum atomic E-state index is 0.298. The molecule has 2 N–H and O–H groups in total. The molecule has 0 spiro atoms. The maximum Gasteiger partial charge on any atom is 0.182 e. The van der Waals surface area contributed by atoms with Crippen molar-refractivity contribution in [2.45, 2.75) is 45.1 Å². The lowest BCUT2D eigenvalue weighted by Gasteiger charge is -2.27. The van der Waals surface area contributed by atoms with E-state index in [1.165, 1.54) is 32.1 Å². The molecule has 3 rings (SSSR count). The van der Waals surface area contributed by atoms with Crippen LogP contribution in [0.2, 0.25) is 5.02 Å². The predicted octanol–water partition coefficient (Wildman–Crippen LogP) is 3.72. The largest absolute Gasteiger partial charge is 0.398 e. The third-order valence-electron chi connectivity index (χ3n) is 4.46. The fraction of sp³-hybridized carbons (Fsp3) is 0.533. The van der Waals surface area contributed by atoms with E-state index in [4.69, 9.17) is 17.3 Å². The molecule has 1 aromatic heterocycles. The molecule has 1 unspecified atom stereocenters. The van der Waals surface area contributed by atoms with Gasteiger partial charge in [0.15, 0.2) is 5.82 Å². The normalized spacial score (nSPS) is 17.8. The van der Waals surface area contributed by atoms with Crippen LogP contribution in [0.5, 0.6) is 0 Å². The lowest BCUT2D eigenvalue weighted by molar-refractivity contribution is 0.249. The number of nitrogens with zero attached hydrogens (tertiary/aromatic N) is 4. The van der Waals surface area contributed by atoms with Crippen LogP contribution in [0.25, 0.3) is 11.4 Å². The van der Waals surface area contributed by atoms with Gasteiger partial charge in [0.1, 0.15) is 0 Å². The van der Waals surface area contributed by atoms with E-state index in [2.05, 4.69) is 22.4 Å². The van der Waals surface area contributed by atoms with Gasteiger partial charge in [-0.25, -0.2) is 4.68 Å². The lowest BCUT2D eigenvalue weighted by Crippen LogP contribution is -2.21. The van der Waals surface area contributed by atoms with Crippen LogP contribution < -0.4 is 5.73 Å². The Balaban J connectivity index is 1.90. The van der Waals surface area contributed by atoms with Crippen LogP contribution in [0, 0.1) is 5.92 Å². The predicted molar refractivity (Wildman–Crippen MR) is 84.0 cm³/mol. The molecular formula is C15H20ClN5. The van der Waals surface area contributed by atoms with Crippen molar-refractivity contribution < 1.29 is 0 Å². The van der Waals surface area contributed by atoms with Crippen LogP contribution in [0.15, 0.2) is 18.2 Å². The van der Waals surface area contributed by atoms with Crippen molar-refractivity contribution in [1.82, 2.24) is 20.2 Å². The molecule has 0 amide bonds. The first-order valence-electron chi connectivity index (χ1n) is 7.50. The van der Waals surface area contributed by atoms with Crippen LogP contribution in [0.4, 0.5) is 5.69 Å². The van der Waals surface area contributed by atoms with Gasteiger partial charge in [-0.3, -0.25) is 0 Å². The first-order valence-corrected chi connectivity index (χ1v) is 7.88. The van der Waals surface area contributed by atoms with E-state index in [1.807, 2.05) is 16.8 Å². The van der Waals surface area contributed by atoms with E-state index in [9.17, 15) is 0 Å². The minimum absolute atomic E-state index is 0.298. The first kappa shape index (κ1) is 14.3. The number of nitrogens with two attached hydrogens (primary N) is 1. The van der Waals surface area contributed by atoms with Gasteiger partial charge in [-0.1, -0.05) is 30.9 Å². The van der Waals surface area contributed by atoms with Crippen LogP contribution in [-0.4, -0.2) is 20.2 Å². The molecule has 6 heteroatoms. The van der Waals surface area contributed by atoms with Crippen LogP contribution in [0.1, 0.15) is 45.1 Å². The van der Waals surface area contributed by atoms with Gasteiger partial charge in [-0.15, -0.1) is 5.10 Å². The number of anilines is 1. The molecule has 5 nitrogen and oxygen atoms in total. The van der Waals surface area contributed by atoms with Gasteiger partial charge in [0, 0.05) is 5.56 Å². The Morgan fingerprint density at radius 1 is 1.29 bits per heavy atom. The number of nitrogen functional groups attached to an aromatic ring is 1. The number of halogens is 1. The molecule has 0 saturated heterocycles. The Bertz CT molecular complexity index is 618. The Morgan fingerprint density at radius 3 is 2.76 bits per heavy atom. The molecule has 2 aromatic rings. The van der Waals surface area contributed by atoms with E-state index in [1.54, 1.807) is 6.07 Å². The zero-order valence-electron chi connectivity index (χ0n) is 12.2. The topological polar surface area (TPSA) is 69.6 Å². The third kappa shape index (κ3) is 2.88. The number of rotatable bonds is 3. The van der Waals surface area contributed by atoms with Crippen LogP contribution >= 0.6 is 11.6 Å². The van der Waals surface area contributed by atoms with Crippen molar-refractivity contribution in [2.75, 3.05) is 5.73 Å². The van der Waals surface area contributed by atoms with Crippen molar-refractivity contribution in [3.63, 3.8) is 0 Å². The standard InChI is InChI=1S/C15H20ClN5/c1-10(11-5-3-2-4-6-11)21-15(18-19-20-21)12-7-8-13(16)14(17)9-12/h7-11H,2-6,17H2,1H3. The van der Waals surface area contributed by atoms with Gasteiger partial charge in [0.25, 0.3) is 0 Å². The number of hydrogen-bond donors (Lipinski definition) is 1. The summed E-state index contributed by atoms with van der Waals surface area (Å²) in [7, 11) is 0. The number of benzene rings is 1. The fourth-order valence-corrected chi connectivity index (χ4v) is 3.27. The Hall–Kier alpha value is -1.62. The second kappa shape index (κ2) is 6.02. The molecule has 21 heavy (non-hydrogen) atoms. The van der Waals surface area contributed by atoms with Crippen molar-refractivity contribution in [3.8, 4) is 11.4 Å². The molecule has 0 radical (unpaired) electrons. The molecular weight excluding hydrogens is 286 g/mol. The highest BCUT2D eigenvalue weighted by Crippen LogP contribution is 2.34. The molecule has 1 aromatic carbocycles. The highest BCUT2D eigenvalue weighted by molar-refractivity contribution is 6.33. The maximum atomic E-state index is 5.98. The van der Waals surface area contributed by atoms with Gasteiger partial charge >= 0.3 is 0 Å². The number of hydrogen-bond acceptors (Lipinski definition) is 4. The Labute approximate surface area is 129 Å². The zero-order valence-corrected chi connectivity index (χ0v) is 12.9. The second-order valence-electron chi connectivity index (χ2n) is 5.82. The average molecular weight is 306 g/mol. The summed E-state index contributed by atoms with van der Waals surface area (Å²) in [5.74, 6) is 1.40. The molecule has 0 bridgehead atoms. The van der Waals surface area contributed by atoms with Crippen LogP contribution in [-0.2, 0) is 0 Å². The Morgan fingerprint density at radius 2 is 2.05 bits per heavy atom. The molecule has 1 saturated carbocycles. The molecule has 1 aliphatic carbocycles. The Kier molecular flexibility index (Phi) is 4.10. The van der Waals surface area contributed by atoms with Crippen LogP contribution in [0.3, 0.4) is 0 Å².